The van der Waals surface area contributed by atoms with Crippen LogP contribution in [0.2, 0.25) is 0 Å². The third-order valence-electron chi connectivity index (χ3n) is 6.23. The van der Waals surface area contributed by atoms with E-state index in [2.05, 4.69) is 0 Å². The lowest BCUT2D eigenvalue weighted by Crippen LogP contribution is -2.42. The highest BCUT2D eigenvalue weighted by Gasteiger charge is 2.70. The zero-order valence-corrected chi connectivity index (χ0v) is 13.7. The lowest BCUT2D eigenvalue weighted by molar-refractivity contribution is -0.153. The molecule has 26 heavy (non-hydrogen) atoms. The molecule has 0 aliphatic carbocycles. The monoisotopic (exact) mass is 352 g/mol. The fourth-order valence-electron chi connectivity index (χ4n) is 5.33. The number of fused-ring (bicyclic) bond motifs is 10. The van der Waals surface area contributed by atoms with Crippen LogP contribution in [0.4, 0.5) is 0 Å². The molecule has 6 heteroatoms. The number of rotatable bonds is 0. The van der Waals surface area contributed by atoms with Gasteiger partial charge in [0.2, 0.25) is 0 Å². The molecule has 2 N–H and O–H groups in total. The standard InChI is InChI=1S/C20H16O6/c21-9-1-3-11-15(7-9)25-16-8-10(22)2-4-12(16)20(11)18-14-6-5-13(24-14)17(18)19(23)26-20/h1-4,7-8,13-14,17-18,21-22H,5-6H2/t13-,14-,17-,18+/m0/s1. The first-order valence-corrected chi connectivity index (χ1v) is 8.81. The molecule has 2 aromatic rings. The van der Waals surface area contributed by atoms with Crippen molar-refractivity contribution in [2.45, 2.75) is 30.7 Å². The molecular formula is C20H16O6. The zero-order chi connectivity index (χ0) is 17.6. The van der Waals surface area contributed by atoms with Crippen molar-refractivity contribution in [2.24, 2.45) is 11.8 Å². The van der Waals surface area contributed by atoms with Crippen molar-refractivity contribution in [2.75, 3.05) is 0 Å². The Morgan fingerprint density at radius 1 is 0.923 bits per heavy atom. The van der Waals surface area contributed by atoms with Crippen molar-refractivity contribution in [3.05, 3.63) is 47.5 Å². The maximum absolute atomic E-state index is 12.8. The van der Waals surface area contributed by atoms with Crippen LogP contribution in [-0.4, -0.2) is 28.4 Å². The predicted molar refractivity (Wildman–Crippen MR) is 88.0 cm³/mol. The van der Waals surface area contributed by atoms with Crippen molar-refractivity contribution in [3.63, 3.8) is 0 Å². The van der Waals surface area contributed by atoms with E-state index < -0.39 is 5.60 Å². The Bertz CT molecular complexity index is 915. The van der Waals surface area contributed by atoms with Gasteiger partial charge in [-0.2, -0.15) is 0 Å². The molecule has 0 saturated carbocycles. The number of hydrogen-bond donors (Lipinski definition) is 2. The Balaban J connectivity index is 1.66. The first kappa shape index (κ1) is 14.4. The molecule has 2 bridgehead atoms. The summed E-state index contributed by atoms with van der Waals surface area (Å²) >= 11 is 0. The van der Waals surface area contributed by atoms with Crippen LogP contribution in [0.3, 0.4) is 0 Å². The summed E-state index contributed by atoms with van der Waals surface area (Å²) in [6.45, 7) is 0. The Labute approximate surface area is 148 Å². The van der Waals surface area contributed by atoms with Gasteiger partial charge < -0.3 is 24.4 Å². The van der Waals surface area contributed by atoms with Gasteiger partial charge in [0.1, 0.15) is 23.0 Å². The summed E-state index contributed by atoms with van der Waals surface area (Å²) in [7, 11) is 0. The summed E-state index contributed by atoms with van der Waals surface area (Å²) in [5.41, 5.74) is 0.405. The normalized spacial score (nSPS) is 31.9. The van der Waals surface area contributed by atoms with E-state index in [9.17, 15) is 15.0 Å². The molecule has 0 unspecified atom stereocenters. The van der Waals surface area contributed by atoms with E-state index in [0.29, 0.717) is 22.6 Å². The molecule has 2 aromatic carbocycles. The van der Waals surface area contributed by atoms with Gasteiger partial charge in [0.15, 0.2) is 5.60 Å². The summed E-state index contributed by atoms with van der Waals surface area (Å²) in [4.78, 5) is 12.8. The van der Waals surface area contributed by atoms with Crippen LogP contribution < -0.4 is 4.74 Å². The van der Waals surface area contributed by atoms with Crippen molar-refractivity contribution >= 4 is 5.97 Å². The van der Waals surface area contributed by atoms with Gasteiger partial charge in [0.25, 0.3) is 0 Å². The second-order valence-electron chi connectivity index (χ2n) is 7.46. The highest BCUT2D eigenvalue weighted by Crippen LogP contribution is 2.64. The average molecular weight is 352 g/mol. The zero-order valence-electron chi connectivity index (χ0n) is 13.7. The maximum atomic E-state index is 12.8. The number of carbonyl (C=O) groups excluding carboxylic acids is 1. The molecule has 6 nitrogen and oxygen atoms in total. The molecule has 4 aliphatic heterocycles. The van der Waals surface area contributed by atoms with Crippen molar-refractivity contribution in [1.29, 1.82) is 0 Å². The van der Waals surface area contributed by atoms with E-state index in [1.54, 1.807) is 24.3 Å². The van der Waals surface area contributed by atoms with Gasteiger partial charge in [-0.25, -0.2) is 0 Å². The maximum Gasteiger partial charge on any atom is 0.313 e. The summed E-state index contributed by atoms with van der Waals surface area (Å²) in [5, 5.41) is 19.8. The van der Waals surface area contributed by atoms with Gasteiger partial charge in [0.05, 0.1) is 18.1 Å². The molecule has 3 saturated heterocycles. The first-order chi connectivity index (χ1) is 12.6. The lowest BCUT2D eigenvalue weighted by Gasteiger charge is -2.41. The molecule has 3 fully saturated rings. The Morgan fingerprint density at radius 2 is 1.54 bits per heavy atom. The van der Waals surface area contributed by atoms with E-state index in [4.69, 9.17) is 14.2 Å². The fraction of sp³-hybridized carbons (Fsp3) is 0.350. The summed E-state index contributed by atoms with van der Waals surface area (Å²) in [6, 6.07) is 9.68. The van der Waals surface area contributed by atoms with E-state index >= 15 is 0 Å². The molecule has 4 atom stereocenters. The second kappa shape index (κ2) is 4.51. The van der Waals surface area contributed by atoms with E-state index in [1.807, 2.05) is 0 Å². The number of benzene rings is 2. The summed E-state index contributed by atoms with van der Waals surface area (Å²) in [5.74, 6) is 0.292. The van der Waals surface area contributed by atoms with Crippen LogP contribution in [0.1, 0.15) is 24.0 Å². The van der Waals surface area contributed by atoms with Gasteiger partial charge in [-0.15, -0.1) is 0 Å². The van der Waals surface area contributed by atoms with Gasteiger partial charge >= 0.3 is 5.97 Å². The SMILES string of the molecule is O=C1OC2(c3ccc(O)cc3Oc3cc(O)ccc32)[C@H]2[C@@H]1[C@@H]1CC[C@@H]2O1. The quantitative estimate of drug-likeness (QED) is 0.709. The summed E-state index contributed by atoms with van der Waals surface area (Å²) in [6.07, 6.45) is 1.61. The minimum absolute atomic E-state index is 0.0575. The molecular weight excluding hydrogens is 336 g/mol. The minimum Gasteiger partial charge on any atom is -0.508 e. The summed E-state index contributed by atoms with van der Waals surface area (Å²) < 4.78 is 18.1. The van der Waals surface area contributed by atoms with Gasteiger partial charge in [0, 0.05) is 29.2 Å². The third-order valence-corrected chi connectivity index (χ3v) is 6.23. The van der Waals surface area contributed by atoms with Crippen molar-refractivity contribution in [1.82, 2.24) is 0 Å². The number of phenols is 2. The van der Waals surface area contributed by atoms with Crippen LogP contribution in [0, 0.1) is 11.8 Å². The van der Waals surface area contributed by atoms with E-state index in [1.165, 1.54) is 12.1 Å². The predicted octanol–water partition coefficient (Wildman–Crippen LogP) is 2.80. The lowest BCUT2D eigenvalue weighted by atomic mass is 9.66. The molecule has 6 rings (SSSR count). The Morgan fingerprint density at radius 3 is 2.19 bits per heavy atom. The minimum atomic E-state index is -1.02. The number of hydrogen-bond acceptors (Lipinski definition) is 6. The number of ether oxygens (including phenoxy) is 3. The molecule has 1 spiro atoms. The molecule has 4 aliphatic rings. The van der Waals surface area contributed by atoms with Crippen LogP contribution >= 0.6 is 0 Å². The number of esters is 1. The molecule has 0 amide bonds. The highest BCUT2D eigenvalue weighted by atomic mass is 16.6. The van der Waals surface area contributed by atoms with Crippen LogP contribution in [0.15, 0.2) is 36.4 Å². The van der Waals surface area contributed by atoms with Crippen molar-refractivity contribution < 1.29 is 29.2 Å². The van der Waals surface area contributed by atoms with Crippen LogP contribution in [0.5, 0.6) is 23.0 Å². The molecule has 0 radical (unpaired) electrons. The van der Waals surface area contributed by atoms with E-state index in [-0.39, 0.29) is 41.5 Å². The fourth-order valence-corrected chi connectivity index (χ4v) is 5.33. The smallest absolute Gasteiger partial charge is 0.313 e. The van der Waals surface area contributed by atoms with Gasteiger partial charge in [-0.05, 0) is 37.1 Å². The highest BCUT2D eigenvalue weighted by molar-refractivity contribution is 5.81. The molecule has 132 valence electrons. The van der Waals surface area contributed by atoms with Crippen LogP contribution in [-0.2, 0) is 19.9 Å². The Hall–Kier alpha value is -2.73. The van der Waals surface area contributed by atoms with Gasteiger partial charge in [-0.1, -0.05) is 0 Å². The average Bonchev–Trinajstić information content (AvgIpc) is 3.28. The first-order valence-electron chi connectivity index (χ1n) is 8.81. The second-order valence-corrected chi connectivity index (χ2v) is 7.46. The number of phenolic OH excluding ortho intramolecular Hbond substituents is 2. The third kappa shape index (κ3) is 1.54. The molecule has 4 heterocycles. The topological polar surface area (TPSA) is 85.2 Å². The number of carbonyl (C=O) groups is 1. The van der Waals surface area contributed by atoms with E-state index in [0.717, 1.165) is 12.8 Å². The van der Waals surface area contributed by atoms with Crippen molar-refractivity contribution in [3.8, 4) is 23.0 Å². The number of aromatic hydroxyl groups is 2. The Kier molecular flexibility index (Phi) is 2.50. The largest absolute Gasteiger partial charge is 0.508 e. The van der Waals surface area contributed by atoms with Gasteiger partial charge in [-0.3, -0.25) is 4.79 Å². The molecule has 0 aromatic heterocycles. The van der Waals surface area contributed by atoms with Crippen LogP contribution in [0.25, 0.3) is 0 Å².